The Morgan fingerprint density at radius 2 is 1.63 bits per heavy atom. The van der Waals surface area contributed by atoms with Crippen LogP contribution in [0.2, 0.25) is 0 Å². The summed E-state index contributed by atoms with van der Waals surface area (Å²) in [6, 6.07) is 0.0501. The normalized spacial score (nSPS) is 20.0. The van der Waals surface area contributed by atoms with E-state index in [0.29, 0.717) is 58.5 Å². The molecule has 3 amide bonds. The number of nitrogens with one attached hydrogen (secondary N) is 1. The molecule has 0 unspecified atom stereocenters. The molecular formula is C20H35N3O4. The van der Waals surface area contributed by atoms with Crippen molar-refractivity contribution >= 4 is 17.9 Å². The summed E-state index contributed by atoms with van der Waals surface area (Å²) < 4.78 is 5.26. The van der Waals surface area contributed by atoms with Crippen molar-refractivity contribution in [3.63, 3.8) is 0 Å². The molecule has 0 aromatic carbocycles. The highest BCUT2D eigenvalue weighted by Crippen LogP contribution is 2.31. The van der Waals surface area contributed by atoms with Crippen molar-refractivity contribution in [2.24, 2.45) is 5.92 Å². The lowest BCUT2D eigenvalue weighted by Crippen LogP contribution is -2.58. The summed E-state index contributed by atoms with van der Waals surface area (Å²) in [6.45, 7) is 8.61. The Balaban J connectivity index is 1.94. The molecule has 7 nitrogen and oxygen atoms in total. The molecule has 1 N–H and O–H groups in total. The van der Waals surface area contributed by atoms with Crippen LogP contribution in [-0.4, -0.2) is 66.0 Å². The number of ether oxygens (including phenoxy) is 1. The van der Waals surface area contributed by atoms with E-state index < -0.39 is 5.54 Å². The summed E-state index contributed by atoms with van der Waals surface area (Å²) in [5, 5.41) is 3.05. The zero-order chi connectivity index (χ0) is 19.9. The van der Waals surface area contributed by atoms with Gasteiger partial charge in [0.2, 0.25) is 5.91 Å². The Bertz CT molecular complexity index is 519. The van der Waals surface area contributed by atoms with Gasteiger partial charge in [-0.25, -0.2) is 9.59 Å². The molecule has 0 bridgehead atoms. The average molecular weight is 382 g/mol. The lowest BCUT2D eigenvalue weighted by Gasteiger charge is -2.38. The quantitative estimate of drug-likeness (QED) is 0.717. The molecule has 2 aliphatic rings. The van der Waals surface area contributed by atoms with Gasteiger partial charge < -0.3 is 19.9 Å². The predicted molar refractivity (Wildman–Crippen MR) is 103 cm³/mol. The highest BCUT2D eigenvalue weighted by Gasteiger charge is 2.43. The second-order valence-corrected chi connectivity index (χ2v) is 7.57. The van der Waals surface area contributed by atoms with Crippen molar-refractivity contribution in [3.05, 3.63) is 0 Å². The van der Waals surface area contributed by atoms with Gasteiger partial charge in [0.05, 0.1) is 6.61 Å². The predicted octanol–water partition coefficient (Wildman–Crippen LogP) is 2.54. The van der Waals surface area contributed by atoms with Gasteiger partial charge in [-0.15, -0.1) is 0 Å². The van der Waals surface area contributed by atoms with E-state index in [1.54, 1.807) is 11.8 Å². The van der Waals surface area contributed by atoms with Gasteiger partial charge in [-0.3, -0.25) is 4.79 Å². The van der Waals surface area contributed by atoms with Crippen LogP contribution in [0.4, 0.5) is 4.79 Å². The van der Waals surface area contributed by atoms with Gasteiger partial charge >= 0.3 is 12.0 Å². The minimum absolute atomic E-state index is 0.0501. The van der Waals surface area contributed by atoms with Gasteiger partial charge in [-0.1, -0.05) is 19.3 Å². The standard InChI is InChI=1S/C20H35N3O4/c1-4-22(5-2)19(26)23-14-10-16(11-15-23)17(24)21-20(18(25)27-6-3)12-8-7-9-13-20/h16H,4-15H2,1-3H3,(H,21,24). The average Bonchev–Trinajstić information content (AvgIpc) is 2.69. The maximum absolute atomic E-state index is 12.9. The van der Waals surface area contributed by atoms with Gasteiger partial charge in [0.1, 0.15) is 5.54 Å². The molecule has 0 atom stereocenters. The van der Waals surface area contributed by atoms with E-state index in [1.807, 2.05) is 18.7 Å². The molecule has 1 aliphatic carbocycles. The Morgan fingerprint density at radius 3 is 2.15 bits per heavy atom. The number of esters is 1. The molecule has 2 fully saturated rings. The smallest absolute Gasteiger partial charge is 0.331 e. The minimum atomic E-state index is -0.862. The lowest BCUT2D eigenvalue weighted by molar-refractivity contribution is -0.155. The number of hydrogen-bond donors (Lipinski definition) is 1. The highest BCUT2D eigenvalue weighted by atomic mass is 16.5. The number of likely N-dealkylation sites (tertiary alicyclic amines) is 1. The molecule has 1 aliphatic heterocycles. The van der Waals surface area contributed by atoms with E-state index in [-0.39, 0.29) is 23.8 Å². The van der Waals surface area contributed by atoms with Crippen LogP contribution < -0.4 is 5.32 Å². The number of rotatable bonds is 6. The van der Waals surface area contributed by atoms with Gasteiger partial charge in [0.25, 0.3) is 0 Å². The van der Waals surface area contributed by atoms with Crippen LogP contribution in [-0.2, 0) is 14.3 Å². The second kappa shape index (κ2) is 9.95. The van der Waals surface area contributed by atoms with Crippen LogP contribution in [0.3, 0.4) is 0 Å². The third-order valence-electron chi connectivity index (χ3n) is 5.91. The van der Waals surface area contributed by atoms with E-state index in [1.165, 1.54) is 0 Å². The summed E-state index contributed by atoms with van der Waals surface area (Å²) in [5.74, 6) is -0.522. The van der Waals surface area contributed by atoms with E-state index in [0.717, 1.165) is 19.3 Å². The van der Waals surface area contributed by atoms with Gasteiger partial charge in [-0.05, 0) is 46.5 Å². The number of carbonyl (C=O) groups excluding carboxylic acids is 3. The zero-order valence-electron chi connectivity index (χ0n) is 17.1. The first kappa shape index (κ1) is 21.5. The Kier molecular flexibility index (Phi) is 7.92. The van der Waals surface area contributed by atoms with Crippen LogP contribution in [0.25, 0.3) is 0 Å². The van der Waals surface area contributed by atoms with E-state index >= 15 is 0 Å². The van der Waals surface area contributed by atoms with Crippen molar-refractivity contribution in [2.75, 3.05) is 32.8 Å². The number of nitrogens with zero attached hydrogens (tertiary/aromatic N) is 2. The number of carbonyl (C=O) groups is 3. The third kappa shape index (κ3) is 5.14. The highest BCUT2D eigenvalue weighted by molar-refractivity contribution is 5.89. The largest absolute Gasteiger partial charge is 0.464 e. The number of piperidine rings is 1. The van der Waals surface area contributed by atoms with Crippen LogP contribution in [0.5, 0.6) is 0 Å². The molecule has 0 aromatic rings. The van der Waals surface area contributed by atoms with E-state index in [9.17, 15) is 14.4 Å². The van der Waals surface area contributed by atoms with Crippen LogP contribution in [0, 0.1) is 5.92 Å². The number of hydrogen-bond acceptors (Lipinski definition) is 4. The lowest BCUT2D eigenvalue weighted by atomic mass is 9.80. The van der Waals surface area contributed by atoms with Crippen LogP contribution in [0.15, 0.2) is 0 Å². The first-order valence-electron chi connectivity index (χ1n) is 10.5. The van der Waals surface area contributed by atoms with E-state index in [2.05, 4.69) is 5.32 Å². The van der Waals surface area contributed by atoms with Gasteiger partial charge in [0.15, 0.2) is 0 Å². The van der Waals surface area contributed by atoms with Crippen molar-refractivity contribution < 1.29 is 19.1 Å². The SMILES string of the molecule is CCOC(=O)C1(NC(=O)C2CCN(C(=O)N(CC)CC)CC2)CCCCC1. The molecule has 0 aromatic heterocycles. The van der Waals surface area contributed by atoms with Crippen molar-refractivity contribution in [2.45, 2.75) is 71.3 Å². The molecule has 2 rings (SSSR count). The fourth-order valence-electron chi connectivity index (χ4n) is 4.17. The van der Waals surface area contributed by atoms with Gasteiger partial charge in [-0.2, -0.15) is 0 Å². The number of urea groups is 1. The zero-order valence-corrected chi connectivity index (χ0v) is 17.1. The molecule has 1 heterocycles. The summed E-state index contributed by atoms with van der Waals surface area (Å²) in [5.41, 5.74) is -0.862. The third-order valence-corrected chi connectivity index (χ3v) is 5.91. The molecule has 1 saturated heterocycles. The Hall–Kier alpha value is -1.79. The van der Waals surface area contributed by atoms with Crippen molar-refractivity contribution in [1.82, 2.24) is 15.1 Å². The number of amides is 3. The first-order chi connectivity index (χ1) is 13.0. The second-order valence-electron chi connectivity index (χ2n) is 7.57. The molecular weight excluding hydrogens is 346 g/mol. The fraction of sp³-hybridized carbons (Fsp3) is 0.850. The minimum Gasteiger partial charge on any atom is -0.464 e. The summed E-state index contributed by atoms with van der Waals surface area (Å²) >= 11 is 0. The van der Waals surface area contributed by atoms with Crippen molar-refractivity contribution in [1.29, 1.82) is 0 Å². The van der Waals surface area contributed by atoms with Crippen molar-refractivity contribution in [3.8, 4) is 0 Å². The Morgan fingerprint density at radius 1 is 1.04 bits per heavy atom. The van der Waals surface area contributed by atoms with E-state index in [4.69, 9.17) is 4.74 Å². The summed E-state index contributed by atoms with van der Waals surface area (Å²) in [7, 11) is 0. The maximum atomic E-state index is 12.9. The monoisotopic (exact) mass is 381 g/mol. The summed E-state index contributed by atoms with van der Waals surface area (Å²) in [4.78, 5) is 41.5. The van der Waals surface area contributed by atoms with Crippen LogP contribution in [0.1, 0.15) is 65.7 Å². The molecule has 154 valence electrons. The molecule has 1 saturated carbocycles. The first-order valence-corrected chi connectivity index (χ1v) is 10.5. The Labute approximate surface area is 162 Å². The molecule has 0 radical (unpaired) electrons. The van der Waals surface area contributed by atoms with Crippen LogP contribution >= 0.6 is 0 Å². The maximum Gasteiger partial charge on any atom is 0.331 e. The fourth-order valence-corrected chi connectivity index (χ4v) is 4.17. The van der Waals surface area contributed by atoms with Gasteiger partial charge in [0, 0.05) is 32.1 Å². The summed E-state index contributed by atoms with van der Waals surface area (Å²) in [6.07, 6.45) is 5.51. The topological polar surface area (TPSA) is 79.0 Å². The molecule has 7 heteroatoms. The molecule has 0 spiro atoms. The molecule has 27 heavy (non-hydrogen) atoms.